The SMILES string of the molecule is CCCCCCC(=O)C12CCCCC1O2. The summed E-state index contributed by atoms with van der Waals surface area (Å²) in [6, 6.07) is 0. The zero-order valence-electron chi connectivity index (χ0n) is 9.76. The number of Topliss-reactive ketones (excluding diaryl/α,β-unsaturated/α-hetero) is 1. The Bertz CT molecular complexity index is 237. The lowest BCUT2D eigenvalue weighted by atomic mass is 9.84. The van der Waals surface area contributed by atoms with Crippen LogP contribution < -0.4 is 0 Å². The minimum absolute atomic E-state index is 0.287. The summed E-state index contributed by atoms with van der Waals surface area (Å²) in [5.41, 5.74) is -0.287. The summed E-state index contributed by atoms with van der Waals surface area (Å²) in [5.74, 6) is 0.392. The first kappa shape index (κ1) is 11.1. The van der Waals surface area contributed by atoms with Gasteiger partial charge in [0.25, 0.3) is 0 Å². The Labute approximate surface area is 92.4 Å². The van der Waals surface area contributed by atoms with Crippen molar-refractivity contribution in [3.8, 4) is 0 Å². The van der Waals surface area contributed by atoms with E-state index >= 15 is 0 Å². The molecular weight excluding hydrogens is 188 g/mol. The van der Waals surface area contributed by atoms with Crippen molar-refractivity contribution in [1.29, 1.82) is 0 Å². The molecule has 2 rings (SSSR count). The van der Waals surface area contributed by atoms with Gasteiger partial charge in [-0.2, -0.15) is 0 Å². The fourth-order valence-electron chi connectivity index (χ4n) is 2.76. The van der Waals surface area contributed by atoms with Gasteiger partial charge in [-0.25, -0.2) is 0 Å². The highest BCUT2D eigenvalue weighted by molar-refractivity contribution is 5.90. The van der Waals surface area contributed by atoms with Crippen LogP contribution in [0.15, 0.2) is 0 Å². The molecule has 2 unspecified atom stereocenters. The summed E-state index contributed by atoms with van der Waals surface area (Å²) >= 11 is 0. The molecule has 0 radical (unpaired) electrons. The number of hydrogen-bond acceptors (Lipinski definition) is 2. The summed E-state index contributed by atoms with van der Waals surface area (Å²) in [7, 11) is 0. The third kappa shape index (κ3) is 2.25. The molecule has 2 heteroatoms. The molecule has 1 aliphatic carbocycles. The summed E-state index contributed by atoms with van der Waals surface area (Å²) in [5, 5.41) is 0. The number of ketones is 1. The second kappa shape index (κ2) is 4.65. The number of unbranched alkanes of at least 4 members (excludes halogenated alkanes) is 3. The fraction of sp³-hybridized carbons (Fsp3) is 0.923. The van der Waals surface area contributed by atoms with Crippen LogP contribution in [0.4, 0.5) is 0 Å². The van der Waals surface area contributed by atoms with Gasteiger partial charge in [0.05, 0.1) is 6.10 Å². The highest BCUT2D eigenvalue weighted by atomic mass is 16.6. The molecule has 0 aromatic carbocycles. The zero-order valence-corrected chi connectivity index (χ0v) is 9.76. The molecule has 0 bridgehead atoms. The maximum Gasteiger partial charge on any atom is 0.167 e. The van der Waals surface area contributed by atoms with Crippen molar-refractivity contribution in [3.05, 3.63) is 0 Å². The van der Waals surface area contributed by atoms with Crippen molar-refractivity contribution in [2.75, 3.05) is 0 Å². The maximum absolute atomic E-state index is 12.0. The van der Waals surface area contributed by atoms with Crippen LogP contribution in [0.25, 0.3) is 0 Å². The Morgan fingerprint density at radius 3 is 2.93 bits per heavy atom. The van der Waals surface area contributed by atoms with Gasteiger partial charge in [0.1, 0.15) is 0 Å². The Balaban J connectivity index is 1.72. The second-order valence-electron chi connectivity index (χ2n) is 4.98. The first-order valence-corrected chi connectivity index (χ1v) is 6.51. The van der Waals surface area contributed by atoms with Gasteiger partial charge in [-0.3, -0.25) is 4.79 Å². The number of fused-ring (bicyclic) bond motifs is 1. The average Bonchev–Trinajstić information content (AvgIpc) is 2.99. The van der Waals surface area contributed by atoms with E-state index in [1.807, 2.05) is 0 Å². The van der Waals surface area contributed by atoms with Crippen LogP contribution in [-0.2, 0) is 9.53 Å². The summed E-state index contributed by atoms with van der Waals surface area (Å²) < 4.78 is 5.63. The van der Waals surface area contributed by atoms with Gasteiger partial charge in [-0.15, -0.1) is 0 Å². The molecule has 1 saturated carbocycles. The van der Waals surface area contributed by atoms with Crippen LogP contribution in [0.5, 0.6) is 0 Å². The van der Waals surface area contributed by atoms with Crippen molar-refractivity contribution in [3.63, 3.8) is 0 Å². The lowest BCUT2D eigenvalue weighted by Crippen LogP contribution is -2.29. The Morgan fingerprint density at radius 2 is 2.20 bits per heavy atom. The molecule has 0 N–H and O–H groups in total. The quantitative estimate of drug-likeness (QED) is 0.497. The number of epoxide rings is 1. The average molecular weight is 210 g/mol. The second-order valence-corrected chi connectivity index (χ2v) is 4.98. The van der Waals surface area contributed by atoms with Crippen LogP contribution in [0, 0.1) is 0 Å². The van der Waals surface area contributed by atoms with Crippen molar-refractivity contribution >= 4 is 5.78 Å². The van der Waals surface area contributed by atoms with E-state index in [9.17, 15) is 4.79 Å². The first-order chi connectivity index (χ1) is 7.29. The number of carbonyl (C=O) groups excluding carboxylic acids is 1. The molecule has 2 nitrogen and oxygen atoms in total. The Hall–Kier alpha value is -0.370. The van der Waals surface area contributed by atoms with E-state index in [2.05, 4.69) is 6.92 Å². The van der Waals surface area contributed by atoms with Gasteiger partial charge in [-0.05, 0) is 25.7 Å². The molecule has 1 aliphatic heterocycles. The molecule has 2 fully saturated rings. The number of ether oxygens (including phenoxy) is 1. The van der Waals surface area contributed by atoms with Gasteiger partial charge in [0.15, 0.2) is 11.4 Å². The normalized spacial score (nSPS) is 33.5. The minimum Gasteiger partial charge on any atom is -0.358 e. The summed E-state index contributed by atoms with van der Waals surface area (Å²) in [6.07, 6.45) is 10.3. The molecule has 0 spiro atoms. The van der Waals surface area contributed by atoms with E-state index in [0.717, 1.165) is 25.7 Å². The lowest BCUT2D eigenvalue weighted by Gasteiger charge is -2.15. The van der Waals surface area contributed by atoms with E-state index in [-0.39, 0.29) is 5.60 Å². The van der Waals surface area contributed by atoms with Crippen LogP contribution >= 0.6 is 0 Å². The van der Waals surface area contributed by atoms with Crippen LogP contribution in [-0.4, -0.2) is 17.5 Å². The van der Waals surface area contributed by atoms with E-state index in [0.29, 0.717) is 11.9 Å². The number of rotatable bonds is 6. The largest absolute Gasteiger partial charge is 0.358 e. The fourth-order valence-corrected chi connectivity index (χ4v) is 2.76. The monoisotopic (exact) mass is 210 g/mol. The molecule has 1 heterocycles. The van der Waals surface area contributed by atoms with Gasteiger partial charge in [0.2, 0.25) is 0 Å². The molecule has 15 heavy (non-hydrogen) atoms. The summed E-state index contributed by atoms with van der Waals surface area (Å²) in [6.45, 7) is 2.20. The van der Waals surface area contributed by atoms with Crippen LogP contribution in [0.2, 0.25) is 0 Å². The predicted octanol–water partition coefficient (Wildman–Crippen LogP) is 3.24. The molecule has 0 aromatic rings. The zero-order chi connectivity index (χ0) is 10.7. The topological polar surface area (TPSA) is 29.6 Å². The van der Waals surface area contributed by atoms with Gasteiger partial charge in [-0.1, -0.05) is 32.6 Å². The van der Waals surface area contributed by atoms with E-state index in [1.165, 1.54) is 32.1 Å². The third-order valence-electron chi connectivity index (χ3n) is 3.81. The standard InChI is InChI=1S/C13H22O2/c1-2-3-4-5-8-11(14)13-10-7-6-9-12(13)15-13/h12H,2-10H2,1H3. The van der Waals surface area contributed by atoms with Crippen LogP contribution in [0.1, 0.15) is 64.7 Å². The van der Waals surface area contributed by atoms with E-state index in [1.54, 1.807) is 0 Å². The first-order valence-electron chi connectivity index (χ1n) is 6.51. The maximum atomic E-state index is 12.0. The molecule has 1 saturated heterocycles. The van der Waals surface area contributed by atoms with Gasteiger partial charge >= 0.3 is 0 Å². The van der Waals surface area contributed by atoms with Crippen LogP contribution in [0.3, 0.4) is 0 Å². The lowest BCUT2D eigenvalue weighted by molar-refractivity contribution is -0.124. The van der Waals surface area contributed by atoms with Crippen molar-refractivity contribution in [2.45, 2.75) is 76.4 Å². The highest BCUT2D eigenvalue weighted by Crippen LogP contribution is 2.49. The number of carbonyl (C=O) groups is 1. The minimum atomic E-state index is -0.287. The molecule has 86 valence electrons. The molecule has 2 atom stereocenters. The Kier molecular flexibility index (Phi) is 3.45. The van der Waals surface area contributed by atoms with Crippen molar-refractivity contribution in [1.82, 2.24) is 0 Å². The highest BCUT2D eigenvalue weighted by Gasteiger charge is 2.61. The predicted molar refractivity (Wildman–Crippen MR) is 59.8 cm³/mol. The van der Waals surface area contributed by atoms with Crippen molar-refractivity contribution in [2.24, 2.45) is 0 Å². The summed E-state index contributed by atoms with van der Waals surface area (Å²) in [4.78, 5) is 12.0. The van der Waals surface area contributed by atoms with Crippen molar-refractivity contribution < 1.29 is 9.53 Å². The van der Waals surface area contributed by atoms with Gasteiger partial charge in [0, 0.05) is 6.42 Å². The molecule has 2 aliphatic rings. The third-order valence-corrected chi connectivity index (χ3v) is 3.81. The molecular formula is C13H22O2. The van der Waals surface area contributed by atoms with E-state index < -0.39 is 0 Å². The van der Waals surface area contributed by atoms with E-state index in [4.69, 9.17) is 4.74 Å². The molecule has 0 aromatic heterocycles. The molecule has 0 amide bonds. The Morgan fingerprint density at radius 1 is 1.33 bits per heavy atom. The van der Waals surface area contributed by atoms with Gasteiger partial charge < -0.3 is 4.74 Å². The number of hydrogen-bond donors (Lipinski definition) is 0. The smallest absolute Gasteiger partial charge is 0.167 e.